The number of hydrogen-bond donors (Lipinski definition) is 1. The molecule has 5 nitrogen and oxygen atoms in total. The Morgan fingerprint density at radius 1 is 1.43 bits per heavy atom. The summed E-state index contributed by atoms with van der Waals surface area (Å²) in [5, 5.41) is 0.469. The largest absolute Gasteiger partial charge is 0.368 e. The maximum atomic E-state index is 12.2. The Kier molecular flexibility index (Phi) is 4.59. The number of carbonyl (C=O) groups excluding carboxylic acids is 2. The van der Waals surface area contributed by atoms with E-state index in [1.165, 1.54) is 11.3 Å². The molecule has 0 spiro atoms. The Morgan fingerprint density at radius 2 is 2.14 bits per heavy atom. The molecule has 0 aliphatic carbocycles. The number of nitrogens with two attached hydrogens (primary N) is 1. The van der Waals surface area contributed by atoms with Crippen LogP contribution in [0.1, 0.15) is 28.2 Å². The summed E-state index contributed by atoms with van der Waals surface area (Å²) in [6, 6.07) is 5.99. The molecule has 0 unspecified atom stereocenters. The van der Waals surface area contributed by atoms with E-state index in [0.717, 1.165) is 4.88 Å². The molecule has 0 radical (unpaired) electrons. The molecule has 0 bridgehead atoms. The van der Waals surface area contributed by atoms with Crippen LogP contribution in [0.25, 0.3) is 0 Å². The van der Waals surface area contributed by atoms with Crippen LogP contribution in [0.2, 0.25) is 5.02 Å². The van der Waals surface area contributed by atoms with Crippen LogP contribution < -0.4 is 10.5 Å². The van der Waals surface area contributed by atoms with Crippen molar-refractivity contribution in [2.75, 3.05) is 0 Å². The molecule has 2 amide bonds. The van der Waals surface area contributed by atoms with Crippen molar-refractivity contribution in [2.24, 2.45) is 10.7 Å². The minimum Gasteiger partial charge on any atom is -0.368 e. The SMILES string of the molecule is Cc1cn([C@H](C)C(N)=O)c(=NC(=O)c2cccc(Cl)c2)s1. The number of aromatic nitrogens is 1. The Balaban J connectivity index is 2.46. The first-order chi connectivity index (χ1) is 9.88. The van der Waals surface area contributed by atoms with Crippen molar-refractivity contribution in [2.45, 2.75) is 19.9 Å². The number of carbonyl (C=O) groups is 2. The van der Waals surface area contributed by atoms with Gasteiger partial charge in [-0.25, -0.2) is 0 Å². The summed E-state index contributed by atoms with van der Waals surface area (Å²) in [7, 11) is 0. The fourth-order valence-corrected chi connectivity index (χ4v) is 2.83. The molecular formula is C14H14ClN3O2S. The lowest BCUT2D eigenvalue weighted by molar-refractivity contribution is -0.120. The fraction of sp³-hybridized carbons (Fsp3) is 0.214. The molecule has 0 aliphatic rings. The minimum atomic E-state index is -0.569. The first kappa shape index (κ1) is 15.5. The third-order valence-corrected chi connectivity index (χ3v) is 4.04. The van der Waals surface area contributed by atoms with Crippen molar-refractivity contribution in [1.29, 1.82) is 0 Å². The number of halogens is 1. The maximum absolute atomic E-state index is 12.2. The molecule has 0 saturated heterocycles. The lowest BCUT2D eigenvalue weighted by Gasteiger charge is -2.08. The Morgan fingerprint density at radius 3 is 2.76 bits per heavy atom. The summed E-state index contributed by atoms with van der Waals surface area (Å²) >= 11 is 7.18. The highest BCUT2D eigenvalue weighted by atomic mass is 35.5. The van der Waals surface area contributed by atoms with E-state index in [2.05, 4.69) is 4.99 Å². The van der Waals surface area contributed by atoms with Gasteiger partial charge in [-0.3, -0.25) is 9.59 Å². The molecule has 7 heteroatoms. The number of hydrogen-bond acceptors (Lipinski definition) is 3. The van der Waals surface area contributed by atoms with Crippen LogP contribution in [0.3, 0.4) is 0 Å². The third kappa shape index (κ3) is 3.59. The summed E-state index contributed by atoms with van der Waals surface area (Å²) in [6.07, 6.45) is 1.75. The molecule has 1 aromatic carbocycles. The lowest BCUT2D eigenvalue weighted by atomic mass is 10.2. The molecule has 21 heavy (non-hydrogen) atoms. The van der Waals surface area contributed by atoms with Gasteiger partial charge in [0.15, 0.2) is 4.80 Å². The van der Waals surface area contributed by atoms with Crippen molar-refractivity contribution in [3.8, 4) is 0 Å². The maximum Gasteiger partial charge on any atom is 0.279 e. The zero-order valence-corrected chi connectivity index (χ0v) is 13.1. The average Bonchev–Trinajstić information content (AvgIpc) is 2.78. The minimum absolute atomic E-state index is 0.395. The van der Waals surface area contributed by atoms with Gasteiger partial charge in [0.1, 0.15) is 6.04 Å². The summed E-state index contributed by atoms with van der Waals surface area (Å²) in [4.78, 5) is 28.9. The van der Waals surface area contributed by atoms with Gasteiger partial charge in [0.25, 0.3) is 5.91 Å². The molecule has 1 aromatic heterocycles. The van der Waals surface area contributed by atoms with Crippen LogP contribution >= 0.6 is 22.9 Å². The number of rotatable bonds is 3. The highest BCUT2D eigenvalue weighted by Gasteiger charge is 2.14. The van der Waals surface area contributed by atoms with E-state index >= 15 is 0 Å². The van der Waals surface area contributed by atoms with E-state index in [0.29, 0.717) is 15.4 Å². The Bertz CT molecular complexity index is 764. The predicted octanol–water partition coefficient (Wildman–Crippen LogP) is 2.30. The normalized spacial score (nSPS) is 13.2. The highest BCUT2D eigenvalue weighted by Crippen LogP contribution is 2.12. The van der Waals surface area contributed by atoms with Gasteiger partial charge in [-0.1, -0.05) is 17.7 Å². The summed E-state index contributed by atoms with van der Waals surface area (Å²) in [5.74, 6) is -0.894. The molecule has 1 heterocycles. The van der Waals surface area contributed by atoms with Crippen LogP contribution in [0.15, 0.2) is 35.5 Å². The first-order valence-corrected chi connectivity index (χ1v) is 7.40. The second-order valence-electron chi connectivity index (χ2n) is 4.54. The van der Waals surface area contributed by atoms with Crippen LogP contribution in [-0.4, -0.2) is 16.4 Å². The number of benzene rings is 1. The molecule has 2 aromatic rings. The van der Waals surface area contributed by atoms with E-state index in [9.17, 15) is 9.59 Å². The van der Waals surface area contributed by atoms with Gasteiger partial charge in [0.05, 0.1) is 0 Å². The summed E-state index contributed by atoms with van der Waals surface area (Å²) < 4.78 is 1.60. The van der Waals surface area contributed by atoms with Crippen LogP contribution in [-0.2, 0) is 4.79 Å². The van der Waals surface area contributed by atoms with Gasteiger partial charge in [0, 0.05) is 21.7 Å². The van der Waals surface area contributed by atoms with Gasteiger partial charge in [-0.2, -0.15) is 4.99 Å². The van der Waals surface area contributed by atoms with E-state index in [1.54, 1.807) is 42.0 Å². The monoisotopic (exact) mass is 323 g/mol. The number of aryl methyl sites for hydroxylation is 1. The molecular weight excluding hydrogens is 310 g/mol. The summed E-state index contributed by atoms with van der Waals surface area (Å²) in [5.41, 5.74) is 5.70. The van der Waals surface area contributed by atoms with Crippen LogP contribution in [0.4, 0.5) is 0 Å². The van der Waals surface area contributed by atoms with Crippen molar-refractivity contribution in [3.63, 3.8) is 0 Å². The molecule has 0 saturated carbocycles. The Hall–Kier alpha value is -1.92. The van der Waals surface area contributed by atoms with E-state index in [4.69, 9.17) is 17.3 Å². The second-order valence-corrected chi connectivity index (χ2v) is 6.19. The first-order valence-electron chi connectivity index (χ1n) is 6.21. The topological polar surface area (TPSA) is 77.4 Å². The van der Waals surface area contributed by atoms with Crippen molar-refractivity contribution < 1.29 is 9.59 Å². The molecule has 0 fully saturated rings. The zero-order chi connectivity index (χ0) is 15.6. The quantitative estimate of drug-likeness (QED) is 0.940. The van der Waals surface area contributed by atoms with E-state index in [1.807, 2.05) is 6.92 Å². The van der Waals surface area contributed by atoms with Crippen LogP contribution in [0.5, 0.6) is 0 Å². The molecule has 1 atom stereocenters. The van der Waals surface area contributed by atoms with E-state index < -0.39 is 17.9 Å². The lowest BCUT2D eigenvalue weighted by Crippen LogP contribution is -2.29. The fourth-order valence-electron chi connectivity index (χ4n) is 1.74. The molecule has 0 aliphatic heterocycles. The predicted molar refractivity (Wildman–Crippen MR) is 82.3 cm³/mol. The molecule has 110 valence electrons. The Labute approximate surface area is 130 Å². The zero-order valence-electron chi connectivity index (χ0n) is 11.5. The van der Waals surface area contributed by atoms with Gasteiger partial charge in [-0.15, -0.1) is 11.3 Å². The van der Waals surface area contributed by atoms with Crippen molar-refractivity contribution in [1.82, 2.24) is 4.57 Å². The van der Waals surface area contributed by atoms with Gasteiger partial charge >= 0.3 is 0 Å². The number of thiazole rings is 1. The van der Waals surface area contributed by atoms with Gasteiger partial charge < -0.3 is 10.3 Å². The summed E-state index contributed by atoms with van der Waals surface area (Å²) in [6.45, 7) is 3.54. The third-order valence-electron chi connectivity index (χ3n) is 2.89. The highest BCUT2D eigenvalue weighted by molar-refractivity contribution is 7.09. The number of primary amides is 1. The number of amides is 2. The second kappa shape index (κ2) is 6.24. The smallest absolute Gasteiger partial charge is 0.279 e. The van der Waals surface area contributed by atoms with Crippen LogP contribution in [0, 0.1) is 6.92 Å². The molecule has 2 rings (SSSR count). The van der Waals surface area contributed by atoms with Crippen molar-refractivity contribution in [3.05, 3.63) is 50.7 Å². The molecule has 2 N–H and O–H groups in total. The standard InChI is InChI=1S/C14H14ClN3O2S/c1-8-7-18(9(2)12(16)19)14(21-8)17-13(20)10-4-3-5-11(15)6-10/h3-7,9H,1-2H3,(H2,16,19)/t9-/m1/s1. The number of nitrogens with zero attached hydrogens (tertiary/aromatic N) is 2. The average molecular weight is 324 g/mol. The van der Waals surface area contributed by atoms with E-state index in [-0.39, 0.29) is 0 Å². The van der Waals surface area contributed by atoms with Crippen molar-refractivity contribution >= 4 is 34.8 Å². The van der Waals surface area contributed by atoms with Gasteiger partial charge in [-0.05, 0) is 32.0 Å². The van der Waals surface area contributed by atoms with Gasteiger partial charge in [0.2, 0.25) is 5.91 Å².